The van der Waals surface area contributed by atoms with Gasteiger partial charge < -0.3 is 19.5 Å². The number of carbonyl (C=O) groups excluding carboxylic acids is 3. The second-order valence-electron chi connectivity index (χ2n) is 6.52. The Bertz CT molecular complexity index is 1180. The van der Waals surface area contributed by atoms with E-state index in [1.165, 1.54) is 26.4 Å². The van der Waals surface area contributed by atoms with Crippen LogP contribution in [0.2, 0.25) is 5.02 Å². The van der Waals surface area contributed by atoms with Crippen LogP contribution in [0.1, 0.15) is 5.56 Å². The summed E-state index contributed by atoms with van der Waals surface area (Å²) in [6, 6.07) is 11.4. The number of nitrogens with one attached hydrogen (secondary N) is 1. The maximum absolute atomic E-state index is 12.7. The zero-order valence-electron chi connectivity index (χ0n) is 17.6. The molecule has 0 saturated carbocycles. The summed E-state index contributed by atoms with van der Waals surface area (Å²) in [5.41, 5.74) is 0.984. The largest absolute Gasteiger partial charge is 0.495 e. The molecule has 0 radical (unpaired) electrons. The topological polar surface area (TPSA) is 118 Å². The fraction of sp³-hybridized carbons (Fsp3) is 0.182. The minimum Gasteiger partial charge on any atom is -0.495 e. The number of anilines is 1. The van der Waals surface area contributed by atoms with Crippen molar-refractivity contribution in [2.45, 2.75) is 0 Å². The van der Waals surface area contributed by atoms with E-state index in [1.54, 1.807) is 30.3 Å². The molecule has 0 aromatic heterocycles. The Labute approximate surface area is 198 Å². The molecule has 0 unspecified atom stereocenters. The smallest absolute Gasteiger partial charge is 0.294 e. The Morgan fingerprint density at radius 2 is 1.88 bits per heavy atom. The SMILES string of the molecule is COc1ccc(NC(=O)CN2C(=O)SC(=Cc3ccc(OCC#N)c(OC)c3)C2=O)cc1Cl. The summed E-state index contributed by atoms with van der Waals surface area (Å²) in [6.07, 6.45) is 1.52. The molecule has 3 rings (SSSR count). The molecule has 2 aromatic rings. The van der Waals surface area contributed by atoms with Gasteiger partial charge in [0.25, 0.3) is 11.1 Å². The van der Waals surface area contributed by atoms with Crippen molar-refractivity contribution >= 4 is 52.2 Å². The van der Waals surface area contributed by atoms with Crippen LogP contribution in [-0.4, -0.2) is 49.3 Å². The van der Waals surface area contributed by atoms with Crippen molar-refractivity contribution in [3.63, 3.8) is 0 Å². The van der Waals surface area contributed by atoms with Crippen molar-refractivity contribution in [1.29, 1.82) is 5.26 Å². The molecule has 9 nitrogen and oxygen atoms in total. The first-order valence-electron chi connectivity index (χ1n) is 9.42. The molecule has 2 aromatic carbocycles. The van der Waals surface area contributed by atoms with E-state index in [-0.39, 0.29) is 11.5 Å². The number of ether oxygens (including phenoxy) is 3. The number of hydrogen-bond donors (Lipinski definition) is 1. The van der Waals surface area contributed by atoms with Crippen molar-refractivity contribution < 1.29 is 28.6 Å². The van der Waals surface area contributed by atoms with Gasteiger partial charge in [0.05, 0.1) is 24.1 Å². The van der Waals surface area contributed by atoms with E-state index in [9.17, 15) is 14.4 Å². The van der Waals surface area contributed by atoms with Gasteiger partial charge in [0.2, 0.25) is 5.91 Å². The first kappa shape index (κ1) is 24.0. The van der Waals surface area contributed by atoms with Crippen molar-refractivity contribution in [2.75, 3.05) is 32.7 Å². The number of thioether (sulfide) groups is 1. The summed E-state index contributed by atoms with van der Waals surface area (Å²) in [7, 11) is 2.92. The fourth-order valence-corrected chi connectivity index (χ4v) is 3.98. The number of methoxy groups -OCH3 is 2. The summed E-state index contributed by atoms with van der Waals surface area (Å²) in [5, 5.41) is 11.0. The Hall–Kier alpha value is -3.68. The summed E-state index contributed by atoms with van der Waals surface area (Å²) in [6.45, 7) is -0.588. The highest BCUT2D eigenvalue weighted by Gasteiger charge is 2.36. The second-order valence-corrected chi connectivity index (χ2v) is 7.92. The third kappa shape index (κ3) is 5.77. The highest BCUT2D eigenvalue weighted by Crippen LogP contribution is 2.34. The van der Waals surface area contributed by atoms with Crippen LogP contribution in [-0.2, 0) is 9.59 Å². The van der Waals surface area contributed by atoms with Crippen LogP contribution in [0, 0.1) is 11.3 Å². The van der Waals surface area contributed by atoms with Gasteiger partial charge in [0, 0.05) is 5.69 Å². The second kappa shape index (κ2) is 10.8. The Kier molecular flexibility index (Phi) is 7.82. The van der Waals surface area contributed by atoms with Crippen LogP contribution in [0.5, 0.6) is 17.2 Å². The van der Waals surface area contributed by atoms with E-state index in [4.69, 9.17) is 31.1 Å². The number of benzene rings is 2. The van der Waals surface area contributed by atoms with Crippen molar-refractivity contribution in [3.8, 4) is 23.3 Å². The Morgan fingerprint density at radius 1 is 1.15 bits per heavy atom. The van der Waals surface area contributed by atoms with Gasteiger partial charge in [0.1, 0.15) is 18.4 Å². The highest BCUT2D eigenvalue weighted by atomic mass is 35.5. The monoisotopic (exact) mass is 487 g/mol. The summed E-state index contributed by atoms with van der Waals surface area (Å²) >= 11 is 6.77. The minimum atomic E-state index is -0.586. The van der Waals surface area contributed by atoms with Crippen LogP contribution in [0.4, 0.5) is 10.5 Å². The number of nitrogens with zero attached hydrogens (tertiary/aromatic N) is 2. The number of imide groups is 1. The first-order chi connectivity index (χ1) is 15.9. The van der Waals surface area contributed by atoms with E-state index >= 15 is 0 Å². The molecule has 1 N–H and O–H groups in total. The van der Waals surface area contributed by atoms with Crippen molar-refractivity contribution in [2.24, 2.45) is 0 Å². The van der Waals surface area contributed by atoms with E-state index in [0.717, 1.165) is 16.7 Å². The average molecular weight is 488 g/mol. The number of nitriles is 1. The maximum Gasteiger partial charge on any atom is 0.294 e. The van der Waals surface area contributed by atoms with Gasteiger partial charge in [-0.15, -0.1) is 0 Å². The molecular formula is C22H18ClN3O6S. The van der Waals surface area contributed by atoms with Crippen LogP contribution in [0.3, 0.4) is 0 Å². The van der Waals surface area contributed by atoms with E-state index in [2.05, 4.69) is 5.32 Å². The molecule has 1 heterocycles. The first-order valence-corrected chi connectivity index (χ1v) is 10.6. The molecule has 1 saturated heterocycles. The predicted octanol–water partition coefficient (Wildman–Crippen LogP) is 3.93. The van der Waals surface area contributed by atoms with Crippen LogP contribution >= 0.6 is 23.4 Å². The molecule has 0 bridgehead atoms. The minimum absolute atomic E-state index is 0.139. The molecule has 11 heteroatoms. The highest BCUT2D eigenvalue weighted by molar-refractivity contribution is 8.18. The van der Waals surface area contributed by atoms with Gasteiger partial charge in [-0.3, -0.25) is 19.3 Å². The number of halogens is 1. The maximum atomic E-state index is 12.7. The molecule has 0 aliphatic carbocycles. The molecule has 0 atom stereocenters. The predicted molar refractivity (Wildman–Crippen MR) is 123 cm³/mol. The summed E-state index contributed by atoms with van der Waals surface area (Å²) in [4.78, 5) is 38.5. The summed E-state index contributed by atoms with van der Waals surface area (Å²) in [5.74, 6) is 0.0551. The molecule has 0 spiro atoms. The van der Waals surface area contributed by atoms with Crippen LogP contribution in [0.25, 0.3) is 6.08 Å². The van der Waals surface area contributed by atoms with Crippen molar-refractivity contribution in [3.05, 3.63) is 51.9 Å². The lowest BCUT2D eigenvalue weighted by Gasteiger charge is -2.13. The number of amides is 3. The van der Waals surface area contributed by atoms with E-state index in [0.29, 0.717) is 33.5 Å². The molecule has 33 heavy (non-hydrogen) atoms. The fourth-order valence-electron chi connectivity index (χ4n) is 2.88. The zero-order chi connectivity index (χ0) is 24.0. The van der Waals surface area contributed by atoms with Gasteiger partial charge in [-0.1, -0.05) is 17.7 Å². The third-order valence-electron chi connectivity index (χ3n) is 4.39. The average Bonchev–Trinajstić information content (AvgIpc) is 3.05. The van der Waals surface area contributed by atoms with Crippen LogP contribution < -0.4 is 19.5 Å². The lowest BCUT2D eigenvalue weighted by molar-refractivity contribution is -0.127. The Balaban J connectivity index is 1.70. The molecular weight excluding hydrogens is 470 g/mol. The van der Waals surface area contributed by atoms with Gasteiger partial charge in [-0.25, -0.2) is 0 Å². The normalized spacial score (nSPS) is 14.2. The van der Waals surface area contributed by atoms with Gasteiger partial charge in [-0.2, -0.15) is 5.26 Å². The molecule has 1 fully saturated rings. The van der Waals surface area contributed by atoms with Crippen molar-refractivity contribution in [1.82, 2.24) is 4.90 Å². The summed E-state index contributed by atoms with van der Waals surface area (Å²) < 4.78 is 15.6. The number of carbonyl (C=O) groups is 3. The molecule has 3 amide bonds. The molecule has 170 valence electrons. The zero-order valence-corrected chi connectivity index (χ0v) is 19.2. The van der Waals surface area contributed by atoms with Gasteiger partial charge in [0.15, 0.2) is 18.1 Å². The quantitative estimate of drug-likeness (QED) is 0.556. The van der Waals surface area contributed by atoms with Gasteiger partial charge >= 0.3 is 0 Å². The molecule has 1 aliphatic heterocycles. The lowest BCUT2D eigenvalue weighted by atomic mass is 10.2. The lowest BCUT2D eigenvalue weighted by Crippen LogP contribution is -2.36. The van der Waals surface area contributed by atoms with Gasteiger partial charge in [-0.05, 0) is 53.7 Å². The van der Waals surface area contributed by atoms with E-state index in [1.807, 2.05) is 6.07 Å². The number of hydrogen-bond acceptors (Lipinski definition) is 8. The Morgan fingerprint density at radius 3 is 2.55 bits per heavy atom. The standard InChI is InChI=1S/C22H18ClN3O6S/c1-30-16-6-4-14(11-15(16)23)25-20(27)12-26-21(28)19(33-22(26)29)10-13-3-5-17(32-8-7-24)18(9-13)31-2/h3-6,9-11H,8,12H2,1-2H3,(H,25,27). The molecule has 1 aliphatic rings. The van der Waals surface area contributed by atoms with Crippen LogP contribution in [0.15, 0.2) is 41.3 Å². The number of rotatable bonds is 8. The third-order valence-corrected chi connectivity index (χ3v) is 5.59. The van der Waals surface area contributed by atoms with E-state index < -0.39 is 23.6 Å².